The second-order valence-corrected chi connectivity index (χ2v) is 10.8. The van der Waals surface area contributed by atoms with Crippen molar-refractivity contribution >= 4 is 34.8 Å². The molecule has 2 aromatic carbocycles. The lowest BCUT2D eigenvalue weighted by molar-refractivity contribution is -0.166. The van der Waals surface area contributed by atoms with Gasteiger partial charge in [-0.15, -0.1) is 0 Å². The molecule has 12 heteroatoms. The first-order valence-electron chi connectivity index (χ1n) is 12.8. The predicted molar refractivity (Wildman–Crippen MR) is 143 cm³/mol. The maximum Gasteiger partial charge on any atom is 0.416 e. The van der Waals surface area contributed by atoms with E-state index in [1.807, 2.05) is 0 Å². The summed E-state index contributed by atoms with van der Waals surface area (Å²) in [6.45, 7) is 0.961. The average molecular weight is 586 g/mol. The molecule has 0 amide bonds. The number of benzene rings is 2. The number of halogens is 3. The number of fused-ring (bicyclic) bond motifs is 3. The van der Waals surface area contributed by atoms with Crippen LogP contribution in [0.3, 0.4) is 0 Å². The molecule has 220 valence electrons. The number of aliphatic hydroxyl groups is 4. The monoisotopic (exact) mass is 585 g/mol. The van der Waals surface area contributed by atoms with Crippen LogP contribution in [0.4, 0.5) is 13.2 Å². The van der Waals surface area contributed by atoms with E-state index in [0.29, 0.717) is 0 Å². The van der Waals surface area contributed by atoms with Crippen LogP contribution in [0.1, 0.15) is 29.2 Å². The Labute approximate surface area is 237 Å². The zero-order valence-corrected chi connectivity index (χ0v) is 22.5. The maximum atomic E-state index is 14.2. The summed E-state index contributed by atoms with van der Waals surface area (Å²) in [6, 6.07) is 6.58. The molecule has 0 heterocycles. The number of rotatable bonds is 3. The normalized spacial score (nSPS) is 28.6. The fourth-order valence-electron chi connectivity index (χ4n) is 6.36. The second-order valence-electron chi connectivity index (χ2n) is 10.8. The highest BCUT2D eigenvalue weighted by atomic mass is 19.4. The average Bonchev–Trinajstić information content (AvgIpc) is 2.89. The van der Waals surface area contributed by atoms with E-state index in [1.165, 1.54) is 43.3 Å². The first-order chi connectivity index (χ1) is 19.5. The number of hydrogen-bond donors (Lipinski definition) is 5. The molecule has 0 aliphatic heterocycles. The lowest BCUT2D eigenvalue weighted by Gasteiger charge is -2.53. The van der Waals surface area contributed by atoms with Gasteiger partial charge in [-0.3, -0.25) is 19.3 Å². The lowest BCUT2D eigenvalue weighted by Crippen LogP contribution is -2.69. The van der Waals surface area contributed by atoms with Gasteiger partial charge in [0.25, 0.3) is 0 Å². The Balaban J connectivity index is 1.81. The molecule has 0 saturated heterocycles. The number of nitrogens with zero attached hydrogens (tertiary/aromatic N) is 1. The molecule has 2 aromatic rings. The Morgan fingerprint density at radius 3 is 2.19 bits per heavy atom. The summed E-state index contributed by atoms with van der Waals surface area (Å²) in [6.07, 6.45) is -5.11. The lowest BCUT2D eigenvalue weighted by atomic mass is 9.55. The van der Waals surface area contributed by atoms with Gasteiger partial charge >= 0.3 is 6.18 Å². The van der Waals surface area contributed by atoms with E-state index in [-0.39, 0.29) is 22.3 Å². The number of phenolic OH excluding ortho intramolecular Hbond substituents is 1. The molecule has 3 aliphatic carbocycles. The van der Waals surface area contributed by atoms with Crippen LogP contribution >= 0.6 is 0 Å². The Morgan fingerprint density at radius 1 is 1.02 bits per heavy atom. The van der Waals surface area contributed by atoms with Crippen molar-refractivity contribution in [3.63, 3.8) is 0 Å². The Kier molecular flexibility index (Phi) is 6.72. The number of aromatic hydroxyl groups is 1. The molecule has 1 fully saturated rings. The van der Waals surface area contributed by atoms with Crippen molar-refractivity contribution in [1.82, 2.24) is 4.90 Å². The van der Waals surface area contributed by atoms with E-state index < -0.39 is 87.1 Å². The number of Topliss-reactive ketones (excluding diaryl/α,β-unsaturated/α-hetero) is 3. The molecule has 1 saturated carbocycles. The van der Waals surface area contributed by atoms with Crippen LogP contribution < -0.4 is 0 Å². The first kappa shape index (κ1) is 29.2. The van der Waals surface area contributed by atoms with Gasteiger partial charge in [-0.2, -0.15) is 13.2 Å². The van der Waals surface area contributed by atoms with Crippen LogP contribution in [-0.2, 0) is 20.6 Å². The van der Waals surface area contributed by atoms with Gasteiger partial charge in [0.15, 0.2) is 17.2 Å². The van der Waals surface area contributed by atoms with Gasteiger partial charge in [0, 0.05) is 5.92 Å². The minimum absolute atomic E-state index is 0.0853. The van der Waals surface area contributed by atoms with Crippen LogP contribution in [0, 0.1) is 11.8 Å². The molecule has 9 nitrogen and oxygen atoms in total. The minimum atomic E-state index is -4.60. The van der Waals surface area contributed by atoms with Gasteiger partial charge in [0.2, 0.25) is 5.78 Å². The van der Waals surface area contributed by atoms with E-state index in [2.05, 4.69) is 0 Å². The minimum Gasteiger partial charge on any atom is -0.508 e. The third-order valence-corrected chi connectivity index (χ3v) is 8.20. The van der Waals surface area contributed by atoms with Crippen molar-refractivity contribution in [2.45, 2.75) is 30.8 Å². The van der Waals surface area contributed by atoms with Crippen molar-refractivity contribution in [3.05, 3.63) is 81.6 Å². The van der Waals surface area contributed by atoms with Gasteiger partial charge in [0.1, 0.15) is 22.8 Å². The Bertz CT molecular complexity index is 1640. The van der Waals surface area contributed by atoms with Gasteiger partial charge < -0.3 is 25.5 Å². The molecule has 0 radical (unpaired) electrons. The topological polar surface area (TPSA) is 156 Å². The molecule has 0 bridgehead atoms. The van der Waals surface area contributed by atoms with Gasteiger partial charge in [0.05, 0.1) is 34.8 Å². The molecule has 5 rings (SSSR count). The van der Waals surface area contributed by atoms with E-state index in [0.717, 1.165) is 31.2 Å². The fraction of sp³-hybridized carbons (Fsp3) is 0.300. The van der Waals surface area contributed by atoms with Crippen molar-refractivity contribution in [1.29, 1.82) is 0 Å². The number of carbonyl (C=O) groups excluding carboxylic acids is 3. The van der Waals surface area contributed by atoms with Gasteiger partial charge in [-0.25, -0.2) is 0 Å². The highest BCUT2D eigenvalue weighted by molar-refractivity contribution is 6.25. The van der Waals surface area contributed by atoms with Crippen LogP contribution in [0.15, 0.2) is 59.4 Å². The van der Waals surface area contributed by atoms with Crippen LogP contribution in [0.5, 0.6) is 5.75 Å². The quantitative estimate of drug-likeness (QED) is 0.342. The first-order valence-corrected chi connectivity index (χ1v) is 12.8. The van der Waals surface area contributed by atoms with Gasteiger partial charge in [-0.05, 0) is 55.9 Å². The molecule has 5 atom stereocenters. The zero-order valence-electron chi connectivity index (χ0n) is 22.5. The SMILES string of the molecule is CC(=O)C1=C(O)[C@@]2(O)C(=O)C3=C(O)c4c(O)cccc4/C(=C\c4ccc(C(F)(F)F)cc4)[C@H]3[C@H](O)[C@H]2[C@H](N(C)C)C1=O. The van der Waals surface area contributed by atoms with Crippen LogP contribution in [0.25, 0.3) is 17.4 Å². The summed E-state index contributed by atoms with van der Waals surface area (Å²) in [5.74, 6) is -8.97. The van der Waals surface area contributed by atoms with Crippen molar-refractivity contribution in [3.8, 4) is 5.75 Å². The Morgan fingerprint density at radius 2 is 1.64 bits per heavy atom. The smallest absolute Gasteiger partial charge is 0.416 e. The summed E-state index contributed by atoms with van der Waals surface area (Å²) < 4.78 is 39.5. The van der Waals surface area contributed by atoms with Gasteiger partial charge in [-0.1, -0.05) is 30.3 Å². The maximum absolute atomic E-state index is 14.2. The highest BCUT2D eigenvalue weighted by Gasteiger charge is 2.68. The van der Waals surface area contributed by atoms with Crippen LogP contribution in [0.2, 0.25) is 0 Å². The zero-order chi connectivity index (χ0) is 31.0. The molecule has 42 heavy (non-hydrogen) atoms. The summed E-state index contributed by atoms with van der Waals surface area (Å²) in [4.78, 5) is 41.2. The van der Waals surface area contributed by atoms with Crippen molar-refractivity contribution < 1.29 is 53.1 Å². The number of likely N-dealkylation sites (N-methyl/N-ethyl adjacent to an activating group) is 1. The van der Waals surface area contributed by atoms with E-state index in [9.17, 15) is 53.1 Å². The summed E-state index contributed by atoms with van der Waals surface area (Å²) in [7, 11) is 2.83. The molecule has 3 aliphatic rings. The van der Waals surface area contributed by atoms with Crippen LogP contribution in [-0.4, -0.2) is 79.6 Å². The van der Waals surface area contributed by atoms with Crippen molar-refractivity contribution in [2.24, 2.45) is 11.8 Å². The Hall–Kier alpha value is -4.26. The van der Waals surface area contributed by atoms with Crippen molar-refractivity contribution in [2.75, 3.05) is 14.1 Å². The molecule has 0 spiro atoms. The number of alkyl halides is 3. The third kappa shape index (κ3) is 4.01. The highest BCUT2D eigenvalue weighted by Crippen LogP contribution is 2.56. The molecular formula is C30H26F3NO8. The number of phenols is 1. The van der Waals surface area contributed by atoms with E-state index in [1.54, 1.807) is 0 Å². The largest absolute Gasteiger partial charge is 0.508 e. The number of hydrogen-bond acceptors (Lipinski definition) is 9. The number of ketones is 3. The summed E-state index contributed by atoms with van der Waals surface area (Å²) >= 11 is 0. The molecule has 0 aromatic heterocycles. The third-order valence-electron chi connectivity index (χ3n) is 8.20. The van der Waals surface area contributed by atoms with E-state index >= 15 is 0 Å². The standard InChI is InChI=1S/C30H26F3NO8/c1-12(35)18-26(39)23(34(2)3)22-25(38)20-16(11-13-7-9-14(10-8-13)30(31,32)33)15-5-4-6-17(36)19(15)24(37)21(20)28(41)29(22,42)27(18)40/h4-11,20,22-23,25,36-38,40,42H,1-3H3/b16-11+/t20-,22-,23+,25+,29-/m1/s1. The second kappa shape index (κ2) is 9.65. The summed E-state index contributed by atoms with van der Waals surface area (Å²) in [5, 5.41) is 56.7. The number of carbonyl (C=O) groups is 3. The number of aliphatic hydroxyl groups excluding tert-OH is 3. The predicted octanol–water partition coefficient (Wildman–Crippen LogP) is 3.06. The molecular weight excluding hydrogens is 559 g/mol. The molecule has 5 N–H and O–H groups in total. The van der Waals surface area contributed by atoms with E-state index in [4.69, 9.17) is 0 Å². The molecule has 0 unspecified atom stereocenters. The summed E-state index contributed by atoms with van der Waals surface area (Å²) in [5.41, 5.74) is -5.21. The fourth-order valence-corrected chi connectivity index (χ4v) is 6.36.